The highest BCUT2D eigenvalue weighted by Crippen LogP contribution is 2.28. The number of aromatic carboxylic acids is 1. The first-order valence-electron chi connectivity index (χ1n) is 7.39. The third-order valence-electron chi connectivity index (χ3n) is 3.46. The Kier molecular flexibility index (Phi) is 6.25. The molecule has 0 aliphatic carbocycles. The van der Waals surface area contributed by atoms with Gasteiger partial charge < -0.3 is 9.84 Å². The molecule has 0 fully saturated rings. The fourth-order valence-corrected chi connectivity index (χ4v) is 2.59. The smallest absolute Gasteiger partial charge is 0.344 e. The van der Waals surface area contributed by atoms with Crippen molar-refractivity contribution < 1.29 is 24.2 Å². The molecule has 0 unspecified atom stereocenters. The summed E-state index contributed by atoms with van der Waals surface area (Å²) in [6.07, 6.45) is 1.80. The maximum absolute atomic E-state index is 11.2. The molecule has 0 aromatic heterocycles. The van der Waals surface area contributed by atoms with Gasteiger partial charge in [0.25, 0.3) is 0 Å². The first-order valence-corrected chi connectivity index (χ1v) is 8.51. The van der Waals surface area contributed by atoms with Crippen molar-refractivity contribution in [2.24, 2.45) is 0 Å². The van der Waals surface area contributed by atoms with Crippen LogP contribution in [0.5, 0.6) is 0 Å². The minimum absolute atomic E-state index is 0.0481. The van der Waals surface area contributed by atoms with Gasteiger partial charge in [0.1, 0.15) is 5.76 Å². The van der Waals surface area contributed by atoms with Gasteiger partial charge in [0, 0.05) is 11.1 Å². The average Bonchev–Trinajstić information content (AvgIpc) is 2.98. The molecular formula is C19H15BrO5. The number of carboxylic acids is 1. The quantitative estimate of drug-likeness (QED) is 0.473. The molecule has 0 bridgehead atoms. The molecule has 1 N–H and O–H groups in total. The van der Waals surface area contributed by atoms with E-state index in [2.05, 4.69) is 15.9 Å². The van der Waals surface area contributed by atoms with Crippen molar-refractivity contribution in [2.75, 3.05) is 5.33 Å². The predicted molar refractivity (Wildman–Crippen MR) is 97.0 cm³/mol. The minimum Gasteiger partial charge on any atom is -0.478 e. The summed E-state index contributed by atoms with van der Waals surface area (Å²) in [5.41, 5.74) is 1.84. The Morgan fingerprint density at radius 1 is 1.04 bits per heavy atom. The molecule has 1 aliphatic heterocycles. The number of rotatable bonds is 3. The number of benzene rings is 2. The van der Waals surface area contributed by atoms with Crippen LogP contribution in [0.4, 0.5) is 0 Å². The monoisotopic (exact) mass is 402 g/mol. The standard InChI is InChI=1S/C10H8O2.C9H7BrO3/c1-2-9-7-5-3-4-6-8(7)10(11)12-9;10-5-8(11)6-3-1-2-4-7(6)9(12)13/h2-6H,1H3;1-4H,5H2,(H,12,13)/b9-2-;. The van der Waals surface area contributed by atoms with Crippen molar-refractivity contribution in [3.05, 3.63) is 76.9 Å². The molecule has 6 heteroatoms. The van der Waals surface area contributed by atoms with Crippen molar-refractivity contribution in [1.29, 1.82) is 0 Å². The highest BCUT2D eigenvalue weighted by molar-refractivity contribution is 9.09. The SMILES string of the molecule is C/C=C1\OC(=O)c2ccccc21.O=C(O)c1ccccc1C(=O)CBr. The van der Waals surface area contributed by atoms with Crippen LogP contribution in [0.3, 0.4) is 0 Å². The molecule has 0 amide bonds. The molecule has 5 nitrogen and oxygen atoms in total. The number of fused-ring (bicyclic) bond motifs is 1. The van der Waals surface area contributed by atoms with Gasteiger partial charge in [-0.3, -0.25) is 4.79 Å². The number of hydrogen-bond acceptors (Lipinski definition) is 4. The van der Waals surface area contributed by atoms with Crippen molar-refractivity contribution in [3.63, 3.8) is 0 Å². The van der Waals surface area contributed by atoms with E-state index in [0.29, 0.717) is 11.3 Å². The van der Waals surface area contributed by atoms with Gasteiger partial charge in [0.2, 0.25) is 0 Å². The predicted octanol–water partition coefficient (Wildman–Crippen LogP) is 4.18. The summed E-state index contributed by atoms with van der Waals surface area (Å²) < 4.78 is 5.00. The van der Waals surface area contributed by atoms with Gasteiger partial charge in [-0.15, -0.1) is 0 Å². The third-order valence-corrected chi connectivity index (χ3v) is 3.97. The van der Waals surface area contributed by atoms with Crippen LogP contribution < -0.4 is 0 Å². The lowest BCUT2D eigenvalue weighted by atomic mass is 10.1. The normalized spacial score (nSPS) is 13.5. The van der Waals surface area contributed by atoms with Gasteiger partial charge in [-0.05, 0) is 25.1 Å². The third kappa shape index (κ3) is 4.22. The molecular weight excluding hydrogens is 388 g/mol. The Labute approximate surface area is 153 Å². The second kappa shape index (κ2) is 8.39. The summed E-state index contributed by atoms with van der Waals surface area (Å²) in [4.78, 5) is 33.1. The van der Waals surface area contributed by atoms with E-state index in [9.17, 15) is 14.4 Å². The highest BCUT2D eigenvalue weighted by Gasteiger charge is 2.24. The number of esters is 1. The lowest BCUT2D eigenvalue weighted by Crippen LogP contribution is -2.08. The second-order valence-corrected chi connectivity index (χ2v) is 5.56. The number of hydrogen-bond donors (Lipinski definition) is 1. The lowest BCUT2D eigenvalue weighted by molar-refractivity contribution is 0.0689. The number of allylic oxidation sites excluding steroid dienone is 1. The molecule has 1 aliphatic rings. The molecule has 0 spiro atoms. The largest absolute Gasteiger partial charge is 0.478 e. The van der Waals surface area contributed by atoms with Crippen LogP contribution in [-0.4, -0.2) is 28.2 Å². The zero-order valence-corrected chi connectivity index (χ0v) is 14.9. The Morgan fingerprint density at radius 3 is 2.16 bits per heavy atom. The number of carboxylic acid groups (broad SMARTS) is 1. The topological polar surface area (TPSA) is 80.7 Å². The lowest BCUT2D eigenvalue weighted by Gasteiger charge is -2.01. The molecule has 2 aromatic carbocycles. The summed E-state index contributed by atoms with van der Waals surface area (Å²) in [7, 11) is 0. The van der Waals surface area contributed by atoms with E-state index in [4.69, 9.17) is 9.84 Å². The van der Waals surface area contributed by atoms with Crippen LogP contribution in [0.25, 0.3) is 5.76 Å². The van der Waals surface area contributed by atoms with Crippen LogP contribution in [0.1, 0.15) is 43.6 Å². The molecule has 1 heterocycles. The number of alkyl halides is 1. The van der Waals surface area contributed by atoms with Crippen LogP contribution in [-0.2, 0) is 4.74 Å². The van der Waals surface area contributed by atoms with Crippen molar-refractivity contribution >= 4 is 39.4 Å². The van der Waals surface area contributed by atoms with E-state index < -0.39 is 5.97 Å². The molecule has 0 radical (unpaired) electrons. The summed E-state index contributed by atoms with van der Waals surface area (Å²) in [6.45, 7) is 1.85. The van der Waals surface area contributed by atoms with Gasteiger partial charge in [-0.1, -0.05) is 52.3 Å². The van der Waals surface area contributed by atoms with Gasteiger partial charge in [-0.2, -0.15) is 0 Å². The number of ether oxygens (including phenoxy) is 1. The van der Waals surface area contributed by atoms with E-state index in [1.807, 2.05) is 25.1 Å². The number of Topliss-reactive ketones (excluding diaryl/α,β-unsaturated/α-hetero) is 1. The summed E-state index contributed by atoms with van der Waals surface area (Å²) >= 11 is 2.99. The van der Waals surface area contributed by atoms with Gasteiger partial charge >= 0.3 is 11.9 Å². The van der Waals surface area contributed by atoms with E-state index >= 15 is 0 Å². The van der Waals surface area contributed by atoms with E-state index in [0.717, 1.165) is 5.56 Å². The molecule has 2 aromatic rings. The summed E-state index contributed by atoms with van der Waals surface area (Å²) in [6, 6.07) is 13.5. The van der Waals surface area contributed by atoms with Crippen molar-refractivity contribution in [2.45, 2.75) is 6.92 Å². The number of carbonyl (C=O) groups excluding carboxylic acids is 2. The van der Waals surface area contributed by atoms with Gasteiger partial charge in [-0.25, -0.2) is 9.59 Å². The first kappa shape index (κ1) is 18.6. The van der Waals surface area contributed by atoms with Crippen molar-refractivity contribution in [3.8, 4) is 0 Å². The maximum Gasteiger partial charge on any atom is 0.344 e. The maximum atomic E-state index is 11.2. The first-order chi connectivity index (χ1) is 12.0. The molecule has 0 atom stereocenters. The number of cyclic esters (lactones) is 1. The van der Waals surface area contributed by atoms with E-state index in [-0.39, 0.29) is 28.2 Å². The van der Waals surface area contributed by atoms with E-state index in [1.165, 1.54) is 12.1 Å². The molecule has 0 saturated heterocycles. The van der Waals surface area contributed by atoms with Gasteiger partial charge in [0.15, 0.2) is 5.78 Å². The Bertz CT molecular complexity index is 854. The Balaban J connectivity index is 0.000000181. The fourth-order valence-electron chi connectivity index (χ4n) is 2.28. The number of halogens is 1. The molecule has 128 valence electrons. The van der Waals surface area contributed by atoms with E-state index in [1.54, 1.807) is 24.3 Å². The fraction of sp³-hybridized carbons (Fsp3) is 0.105. The zero-order chi connectivity index (χ0) is 18.4. The second-order valence-electron chi connectivity index (χ2n) is 5.00. The minimum atomic E-state index is -1.08. The molecule has 3 rings (SSSR count). The Morgan fingerprint density at radius 2 is 1.60 bits per heavy atom. The van der Waals surface area contributed by atoms with Crippen LogP contribution in [0, 0.1) is 0 Å². The van der Waals surface area contributed by atoms with Gasteiger partial charge in [0.05, 0.1) is 16.5 Å². The molecule has 0 saturated carbocycles. The van der Waals surface area contributed by atoms with Crippen molar-refractivity contribution in [1.82, 2.24) is 0 Å². The molecule has 25 heavy (non-hydrogen) atoms. The highest BCUT2D eigenvalue weighted by atomic mass is 79.9. The number of carbonyl (C=O) groups is 3. The van der Waals surface area contributed by atoms with Crippen LogP contribution in [0.2, 0.25) is 0 Å². The van der Waals surface area contributed by atoms with Crippen LogP contribution >= 0.6 is 15.9 Å². The van der Waals surface area contributed by atoms with Crippen LogP contribution in [0.15, 0.2) is 54.6 Å². The number of ketones is 1. The summed E-state index contributed by atoms with van der Waals surface area (Å²) in [5.74, 6) is -0.891. The zero-order valence-electron chi connectivity index (χ0n) is 13.4. The Hall–Kier alpha value is -2.73. The summed E-state index contributed by atoms with van der Waals surface area (Å²) in [5, 5.41) is 8.88. The average molecular weight is 403 g/mol.